The zero-order valence-electron chi connectivity index (χ0n) is 3.57. The number of aliphatic carboxylic acids is 1. The minimum Gasteiger partial charge on any atom is -0.548 e. The summed E-state index contributed by atoms with van der Waals surface area (Å²) >= 11 is 3.58. The first-order valence-electron chi connectivity index (χ1n) is 1.54. The number of carbonyl (C=O) groups is 1. The van der Waals surface area contributed by atoms with Gasteiger partial charge in [-0.25, -0.2) is 0 Å². The van der Waals surface area contributed by atoms with Gasteiger partial charge in [0, 0.05) is 0 Å². The molecule has 0 bridgehead atoms. The Morgan fingerprint density at radius 2 is 1.86 bits per heavy atom. The van der Waals surface area contributed by atoms with Gasteiger partial charge >= 0.3 is 0 Å². The summed E-state index contributed by atoms with van der Waals surface area (Å²) in [5.41, 5.74) is 0. The van der Waals surface area contributed by atoms with Crippen molar-refractivity contribution in [2.75, 3.05) is 0 Å². The van der Waals surface area contributed by atoms with Crippen molar-refractivity contribution in [2.45, 2.75) is 8.35 Å². The SMILES string of the molecule is CC(I)(I)C(=O)[O-]. The Kier molecular flexibility index (Phi) is 2.80. The molecule has 0 aliphatic rings. The Morgan fingerprint density at radius 3 is 1.86 bits per heavy atom. The Labute approximate surface area is 68.9 Å². The Hall–Kier alpha value is 0.930. The number of carbonyl (C=O) groups excluding carboxylic acids is 1. The van der Waals surface area contributed by atoms with Gasteiger partial charge in [-0.05, 0) is 6.92 Å². The van der Waals surface area contributed by atoms with Crippen molar-refractivity contribution in [2.24, 2.45) is 0 Å². The van der Waals surface area contributed by atoms with Crippen LogP contribution in [-0.2, 0) is 4.79 Å². The molecule has 0 aliphatic heterocycles. The summed E-state index contributed by atoms with van der Waals surface area (Å²) in [5, 5.41) is 9.89. The molecule has 0 spiro atoms. The molecular formula is C3H3I2O2-. The second kappa shape index (κ2) is 2.47. The van der Waals surface area contributed by atoms with Crippen LogP contribution in [-0.4, -0.2) is 7.40 Å². The predicted molar refractivity (Wildman–Crippen MR) is 41.5 cm³/mol. The van der Waals surface area contributed by atoms with Crippen LogP contribution < -0.4 is 5.11 Å². The van der Waals surface area contributed by atoms with Crippen LogP contribution in [0.5, 0.6) is 0 Å². The van der Waals surface area contributed by atoms with Crippen molar-refractivity contribution in [3.63, 3.8) is 0 Å². The molecule has 2 nitrogen and oxygen atoms in total. The highest BCUT2D eigenvalue weighted by Gasteiger charge is 2.14. The first-order chi connectivity index (χ1) is 2.94. The first kappa shape index (κ1) is 7.93. The molecule has 0 amide bonds. The standard InChI is InChI=1S/C3H4I2O2/c1-3(4,5)2(6)7/h1H3,(H,6,7)/p-1. The molecule has 7 heavy (non-hydrogen) atoms. The lowest BCUT2D eigenvalue weighted by Crippen LogP contribution is -2.36. The first-order valence-corrected chi connectivity index (χ1v) is 3.69. The van der Waals surface area contributed by atoms with Gasteiger partial charge in [0.25, 0.3) is 0 Å². The maximum atomic E-state index is 9.89. The molecule has 0 aromatic carbocycles. The largest absolute Gasteiger partial charge is 0.548 e. The summed E-state index contributed by atoms with van der Waals surface area (Å²) in [6.07, 6.45) is 0. The highest BCUT2D eigenvalue weighted by Crippen LogP contribution is 2.24. The van der Waals surface area contributed by atoms with E-state index in [4.69, 9.17) is 0 Å². The van der Waals surface area contributed by atoms with Crippen LogP contribution in [0.1, 0.15) is 6.92 Å². The topological polar surface area (TPSA) is 40.1 Å². The van der Waals surface area contributed by atoms with E-state index in [0.29, 0.717) is 0 Å². The Balaban J connectivity index is 3.79. The highest BCUT2D eigenvalue weighted by molar-refractivity contribution is 14.2. The molecular weight excluding hydrogens is 322 g/mol. The van der Waals surface area contributed by atoms with Crippen molar-refractivity contribution in [1.29, 1.82) is 0 Å². The van der Waals surface area contributed by atoms with Gasteiger partial charge in [-0.2, -0.15) is 0 Å². The fourth-order valence-corrected chi connectivity index (χ4v) is 0. The summed E-state index contributed by atoms with van der Waals surface area (Å²) in [7, 11) is 0. The van der Waals surface area contributed by atoms with Crippen molar-refractivity contribution in [3.05, 3.63) is 0 Å². The normalized spacial score (nSPS) is 11.3. The van der Waals surface area contributed by atoms with Gasteiger partial charge in [-0.1, -0.05) is 45.2 Å². The lowest BCUT2D eigenvalue weighted by atomic mass is 10.5. The molecule has 0 saturated heterocycles. The summed E-state index contributed by atoms with van der Waals surface area (Å²) in [6.45, 7) is 1.57. The van der Waals surface area contributed by atoms with E-state index in [1.165, 1.54) is 0 Å². The molecule has 4 heteroatoms. The molecule has 0 fully saturated rings. The third-order valence-corrected chi connectivity index (χ3v) is 1.24. The minimum atomic E-state index is -1.03. The van der Waals surface area contributed by atoms with Gasteiger partial charge in [-0.15, -0.1) is 0 Å². The van der Waals surface area contributed by atoms with Crippen LogP contribution >= 0.6 is 45.2 Å². The smallest absolute Gasteiger partial charge is 0.110 e. The summed E-state index contributed by atoms with van der Waals surface area (Å²) in [6, 6.07) is 0. The minimum absolute atomic E-state index is 0.754. The van der Waals surface area contributed by atoms with E-state index < -0.39 is 7.40 Å². The molecule has 0 atom stereocenters. The van der Waals surface area contributed by atoms with E-state index in [1.54, 1.807) is 52.1 Å². The number of carboxylic acid groups (broad SMARTS) is 1. The van der Waals surface area contributed by atoms with Crippen LogP contribution in [0, 0.1) is 0 Å². The van der Waals surface area contributed by atoms with Gasteiger partial charge in [0.2, 0.25) is 0 Å². The number of hydrogen-bond donors (Lipinski definition) is 0. The molecule has 0 aromatic heterocycles. The fraction of sp³-hybridized carbons (Fsp3) is 0.667. The molecule has 42 valence electrons. The third-order valence-electron chi connectivity index (χ3n) is 0.358. The van der Waals surface area contributed by atoms with Crippen LogP contribution in [0.3, 0.4) is 0 Å². The molecule has 0 heterocycles. The summed E-state index contributed by atoms with van der Waals surface area (Å²) in [4.78, 5) is 9.89. The lowest BCUT2D eigenvalue weighted by molar-refractivity contribution is -0.304. The molecule has 0 saturated carbocycles. The predicted octanol–water partition coefficient (Wildman–Crippen LogP) is 0.322. The molecule has 0 aromatic rings. The van der Waals surface area contributed by atoms with Gasteiger partial charge in [0.1, 0.15) is 1.43 Å². The zero-order valence-corrected chi connectivity index (χ0v) is 7.89. The molecule has 0 N–H and O–H groups in total. The third kappa shape index (κ3) is 3.51. The number of hydrogen-bond acceptors (Lipinski definition) is 2. The van der Waals surface area contributed by atoms with E-state index in [2.05, 4.69) is 0 Å². The maximum Gasteiger partial charge on any atom is 0.110 e. The van der Waals surface area contributed by atoms with E-state index in [9.17, 15) is 9.90 Å². The van der Waals surface area contributed by atoms with E-state index in [-0.39, 0.29) is 0 Å². The van der Waals surface area contributed by atoms with Crippen LogP contribution in [0.4, 0.5) is 0 Å². The number of rotatable bonds is 1. The monoisotopic (exact) mass is 325 g/mol. The van der Waals surface area contributed by atoms with E-state index >= 15 is 0 Å². The summed E-state index contributed by atoms with van der Waals surface area (Å²) in [5.74, 6) is -1.03. The molecule has 0 unspecified atom stereocenters. The molecule has 0 radical (unpaired) electrons. The van der Waals surface area contributed by atoms with Gasteiger partial charge in [0.15, 0.2) is 0 Å². The molecule has 0 rings (SSSR count). The fourth-order valence-electron chi connectivity index (χ4n) is 0. The van der Waals surface area contributed by atoms with E-state index in [0.717, 1.165) is 0 Å². The van der Waals surface area contributed by atoms with Crippen molar-refractivity contribution < 1.29 is 9.90 Å². The highest BCUT2D eigenvalue weighted by atomic mass is 127. The second-order valence-electron chi connectivity index (χ2n) is 1.18. The van der Waals surface area contributed by atoms with Crippen LogP contribution in [0.2, 0.25) is 0 Å². The van der Waals surface area contributed by atoms with Crippen molar-refractivity contribution in [3.8, 4) is 0 Å². The van der Waals surface area contributed by atoms with Crippen LogP contribution in [0.15, 0.2) is 0 Å². The van der Waals surface area contributed by atoms with Gasteiger partial charge < -0.3 is 9.90 Å². The number of halogens is 2. The van der Waals surface area contributed by atoms with Crippen molar-refractivity contribution in [1.82, 2.24) is 0 Å². The van der Waals surface area contributed by atoms with Crippen LogP contribution in [0.25, 0.3) is 0 Å². The lowest BCUT2D eigenvalue weighted by Gasteiger charge is -2.13. The zero-order chi connectivity index (χ0) is 6.08. The second-order valence-corrected chi connectivity index (χ2v) is 7.55. The quantitative estimate of drug-likeness (QED) is 0.515. The van der Waals surface area contributed by atoms with Gasteiger partial charge in [0.05, 0.1) is 5.97 Å². The number of alkyl halides is 2. The number of carboxylic acids is 1. The maximum absolute atomic E-state index is 9.89. The average Bonchev–Trinajstić information content (AvgIpc) is 1.31. The van der Waals surface area contributed by atoms with Crippen molar-refractivity contribution >= 4 is 51.2 Å². The van der Waals surface area contributed by atoms with E-state index in [1.807, 2.05) is 0 Å². The Bertz CT molecular complexity index is 83.4. The average molecular weight is 325 g/mol. The summed E-state index contributed by atoms with van der Waals surface area (Å²) < 4.78 is -0.754. The Morgan fingerprint density at radius 1 is 1.71 bits per heavy atom. The van der Waals surface area contributed by atoms with Gasteiger partial charge in [-0.3, -0.25) is 0 Å². The molecule has 0 aliphatic carbocycles.